The van der Waals surface area contributed by atoms with Gasteiger partial charge in [-0.2, -0.15) is 0 Å². The van der Waals surface area contributed by atoms with E-state index >= 15 is 0 Å². The number of fused-ring (bicyclic) bond motifs is 1. The minimum atomic E-state index is -0.361. The zero-order valence-electron chi connectivity index (χ0n) is 15.4. The number of hydrogen-bond acceptors (Lipinski definition) is 6. The van der Waals surface area contributed by atoms with E-state index in [9.17, 15) is 9.59 Å². The molecule has 0 fully saturated rings. The van der Waals surface area contributed by atoms with Crippen molar-refractivity contribution in [2.75, 3.05) is 12.4 Å². The van der Waals surface area contributed by atoms with Crippen molar-refractivity contribution in [1.82, 2.24) is 15.8 Å². The number of carbonyl (C=O) groups is 2. The molecule has 146 valence electrons. The van der Waals surface area contributed by atoms with Crippen molar-refractivity contribution in [2.24, 2.45) is 0 Å². The SMILES string of the molecule is CCOc1ccc(C(=O)NNC(=O)CCCSc2nc3ccccc3s2)cc1. The monoisotopic (exact) mass is 415 g/mol. The van der Waals surface area contributed by atoms with Gasteiger partial charge < -0.3 is 4.74 Å². The molecule has 6 nitrogen and oxygen atoms in total. The number of para-hydroxylation sites is 1. The molecule has 1 aromatic heterocycles. The zero-order valence-corrected chi connectivity index (χ0v) is 17.1. The highest BCUT2D eigenvalue weighted by Gasteiger charge is 2.08. The fraction of sp³-hybridized carbons (Fsp3) is 0.250. The van der Waals surface area contributed by atoms with Gasteiger partial charge in [-0.05, 0) is 49.7 Å². The van der Waals surface area contributed by atoms with Crippen molar-refractivity contribution in [1.29, 1.82) is 0 Å². The van der Waals surface area contributed by atoms with Crippen LogP contribution in [0.3, 0.4) is 0 Å². The lowest BCUT2D eigenvalue weighted by molar-refractivity contribution is -0.121. The molecular weight excluding hydrogens is 394 g/mol. The molecule has 0 radical (unpaired) electrons. The fourth-order valence-corrected chi connectivity index (χ4v) is 4.51. The van der Waals surface area contributed by atoms with Crippen molar-refractivity contribution in [3.63, 3.8) is 0 Å². The lowest BCUT2D eigenvalue weighted by Crippen LogP contribution is -2.41. The Morgan fingerprint density at radius 1 is 1.11 bits per heavy atom. The Morgan fingerprint density at radius 3 is 2.64 bits per heavy atom. The molecule has 2 N–H and O–H groups in total. The number of nitrogens with zero attached hydrogens (tertiary/aromatic N) is 1. The Kier molecular flexibility index (Phi) is 7.27. The first-order valence-electron chi connectivity index (χ1n) is 8.96. The van der Waals surface area contributed by atoms with Gasteiger partial charge in [0.1, 0.15) is 5.75 Å². The molecule has 2 amide bonds. The molecule has 2 aromatic carbocycles. The van der Waals surface area contributed by atoms with Crippen LogP contribution in [0.25, 0.3) is 10.2 Å². The summed E-state index contributed by atoms with van der Waals surface area (Å²) in [6.07, 6.45) is 1.03. The second kappa shape index (κ2) is 10.1. The van der Waals surface area contributed by atoms with Crippen molar-refractivity contribution < 1.29 is 14.3 Å². The molecule has 0 aliphatic heterocycles. The zero-order chi connectivity index (χ0) is 19.8. The number of ether oxygens (including phenoxy) is 1. The molecule has 0 atom stereocenters. The molecule has 0 unspecified atom stereocenters. The summed E-state index contributed by atoms with van der Waals surface area (Å²) >= 11 is 3.30. The van der Waals surface area contributed by atoms with Crippen molar-refractivity contribution in [3.05, 3.63) is 54.1 Å². The summed E-state index contributed by atoms with van der Waals surface area (Å²) < 4.78 is 7.51. The van der Waals surface area contributed by atoms with Crippen LogP contribution < -0.4 is 15.6 Å². The van der Waals surface area contributed by atoms with Gasteiger partial charge in [-0.25, -0.2) is 4.98 Å². The minimum Gasteiger partial charge on any atom is -0.494 e. The van der Waals surface area contributed by atoms with Crippen LogP contribution in [0.1, 0.15) is 30.1 Å². The van der Waals surface area contributed by atoms with Gasteiger partial charge in [0.2, 0.25) is 5.91 Å². The van der Waals surface area contributed by atoms with Crippen LogP contribution in [-0.4, -0.2) is 29.2 Å². The average molecular weight is 416 g/mol. The van der Waals surface area contributed by atoms with Crippen LogP contribution in [0.5, 0.6) is 5.75 Å². The van der Waals surface area contributed by atoms with Crippen LogP contribution >= 0.6 is 23.1 Å². The fourth-order valence-electron chi connectivity index (χ4n) is 2.44. The number of amides is 2. The summed E-state index contributed by atoms with van der Waals surface area (Å²) in [6, 6.07) is 14.8. The first-order chi connectivity index (χ1) is 13.7. The Labute approximate surface area is 171 Å². The Bertz CT molecular complexity index is 908. The lowest BCUT2D eigenvalue weighted by Gasteiger charge is -2.08. The summed E-state index contributed by atoms with van der Waals surface area (Å²) in [5.74, 6) is 0.915. The van der Waals surface area contributed by atoms with E-state index in [1.165, 1.54) is 4.70 Å². The second-order valence-corrected chi connectivity index (χ2v) is 8.23. The van der Waals surface area contributed by atoms with Crippen molar-refractivity contribution in [2.45, 2.75) is 24.1 Å². The summed E-state index contributed by atoms with van der Waals surface area (Å²) in [4.78, 5) is 28.5. The number of hydrazine groups is 1. The molecule has 0 aliphatic carbocycles. The number of rotatable bonds is 8. The topological polar surface area (TPSA) is 80.3 Å². The van der Waals surface area contributed by atoms with Gasteiger partial charge in [-0.1, -0.05) is 23.9 Å². The average Bonchev–Trinajstić information content (AvgIpc) is 3.13. The maximum atomic E-state index is 12.0. The summed E-state index contributed by atoms with van der Waals surface area (Å²) in [5, 5.41) is 0. The highest BCUT2D eigenvalue weighted by Crippen LogP contribution is 2.29. The van der Waals surface area contributed by atoms with Crippen molar-refractivity contribution >= 4 is 45.1 Å². The largest absolute Gasteiger partial charge is 0.494 e. The van der Waals surface area contributed by atoms with Crippen LogP contribution in [0.15, 0.2) is 52.9 Å². The highest BCUT2D eigenvalue weighted by atomic mass is 32.2. The van der Waals surface area contributed by atoms with Gasteiger partial charge in [0, 0.05) is 17.7 Å². The maximum Gasteiger partial charge on any atom is 0.269 e. The molecule has 8 heteroatoms. The van der Waals surface area contributed by atoms with E-state index < -0.39 is 0 Å². The van der Waals surface area contributed by atoms with E-state index in [1.807, 2.05) is 25.1 Å². The van der Waals surface area contributed by atoms with E-state index in [2.05, 4.69) is 21.9 Å². The van der Waals surface area contributed by atoms with E-state index in [-0.39, 0.29) is 11.8 Å². The summed E-state index contributed by atoms with van der Waals surface area (Å²) in [5.41, 5.74) is 6.34. The van der Waals surface area contributed by atoms with E-state index in [0.29, 0.717) is 30.8 Å². The van der Waals surface area contributed by atoms with E-state index in [0.717, 1.165) is 15.6 Å². The van der Waals surface area contributed by atoms with E-state index in [1.54, 1.807) is 47.4 Å². The van der Waals surface area contributed by atoms with Crippen LogP contribution in [-0.2, 0) is 4.79 Å². The number of thioether (sulfide) groups is 1. The Morgan fingerprint density at radius 2 is 1.89 bits per heavy atom. The summed E-state index contributed by atoms with van der Waals surface area (Å²) in [6.45, 7) is 2.46. The summed E-state index contributed by atoms with van der Waals surface area (Å²) in [7, 11) is 0. The molecule has 3 rings (SSSR count). The maximum absolute atomic E-state index is 12.0. The minimum absolute atomic E-state index is 0.218. The van der Waals surface area contributed by atoms with Gasteiger partial charge in [0.25, 0.3) is 5.91 Å². The smallest absolute Gasteiger partial charge is 0.269 e. The quantitative estimate of drug-likeness (QED) is 0.330. The Hall–Kier alpha value is -2.58. The van der Waals surface area contributed by atoms with Gasteiger partial charge in [0.05, 0.1) is 16.8 Å². The van der Waals surface area contributed by atoms with Gasteiger partial charge in [-0.15, -0.1) is 11.3 Å². The standard InChI is InChI=1S/C20H21N3O3S2/c1-2-26-15-11-9-14(10-12-15)19(25)23-22-18(24)8-5-13-27-20-21-16-6-3-4-7-17(16)28-20/h3-4,6-7,9-12H,2,5,8,13H2,1H3,(H,22,24)(H,23,25). The molecule has 28 heavy (non-hydrogen) atoms. The molecule has 0 bridgehead atoms. The van der Waals surface area contributed by atoms with Crippen LogP contribution in [0, 0.1) is 0 Å². The molecule has 0 saturated heterocycles. The predicted molar refractivity (Wildman–Crippen MR) is 113 cm³/mol. The number of hydrogen-bond donors (Lipinski definition) is 2. The van der Waals surface area contributed by atoms with E-state index in [4.69, 9.17) is 4.74 Å². The van der Waals surface area contributed by atoms with Gasteiger partial charge >= 0.3 is 0 Å². The van der Waals surface area contributed by atoms with Gasteiger partial charge in [0.15, 0.2) is 4.34 Å². The Balaban J connectivity index is 1.35. The molecule has 0 saturated carbocycles. The third kappa shape index (κ3) is 5.71. The van der Waals surface area contributed by atoms with Crippen molar-refractivity contribution in [3.8, 4) is 5.75 Å². The molecule has 0 spiro atoms. The third-order valence-corrected chi connectivity index (χ3v) is 6.06. The normalized spacial score (nSPS) is 10.6. The molecule has 0 aliphatic rings. The first-order valence-corrected chi connectivity index (χ1v) is 10.8. The molecule has 1 heterocycles. The van der Waals surface area contributed by atoms with Crippen LogP contribution in [0.4, 0.5) is 0 Å². The molecular formula is C20H21N3O3S2. The second-order valence-electron chi connectivity index (χ2n) is 5.86. The third-order valence-electron chi connectivity index (χ3n) is 3.79. The first kappa shape index (κ1) is 20.2. The van der Waals surface area contributed by atoms with Gasteiger partial charge in [-0.3, -0.25) is 20.4 Å². The number of thiazole rings is 1. The van der Waals surface area contributed by atoms with Crippen LogP contribution in [0.2, 0.25) is 0 Å². The number of nitrogens with one attached hydrogen (secondary N) is 2. The predicted octanol–water partition coefficient (Wildman–Crippen LogP) is 4.03. The highest BCUT2D eigenvalue weighted by molar-refractivity contribution is 8.01. The number of carbonyl (C=O) groups excluding carboxylic acids is 2. The molecule has 3 aromatic rings. The lowest BCUT2D eigenvalue weighted by atomic mass is 10.2. The number of aromatic nitrogens is 1. The number of benzene rings is 2.